The number of carbonyl (C=O) groups is 2. The number of aromatic nitrogens is 1. The average molecular weight is 454 g/mol. The highest BCUT2D eigenvalue weighted by Gasteiger charge is 2.24. The molecule has 0 fully saturated rings. The second-order valence-corrected chi connectivity index (χ2v) is 7.66. The van der Waals surface area contributed by atoms with E-state index in [0.29, 0.717) is 5.56 Å². The number of pyridine rings is 1. The third-order valence-corrected chi connectivity index (χ3v) is 4.91. The fourth-order valence-corrected chi connectivity index (χ4v) is 3.19. The molecule has 0 aliphatic rings. The molecule has 2 aromatic rings. The van der Waals surface area contributed by atoms with Crippen LogP contribution in [0.2, 0.25) is 5.02 Å². The smallest absolute Gasteiger partial charge is 0.272 e. The summed E-state index contributed by atoms with van der Waals surface area (Å²) >= 11 is 6.18. The van der Waals surface area contributed by atoms with Crippen molar-refractivity contribution in [3.8, 4) is 5.75 Å². The maximum atomic E-state index is 12.8. The first-order chi connectivity index (χ1) is 14.7. The number of hydrogen-bond donors (Lipinski definition) is 1. The van der Waals surface area contributed by atoms with Crippen molar-refractivity contribution in [2.75, 3.05) is 19.7 Å². The summed E-state index contributed by atoms with van der Waals surface area (Å²) in [4.78, 5) is 30.6. The molecule has 0 spiro atoms. The lowest BCUT2D eigenvalue weighted by Gasteiger charge is -2.31. The molecular weight excluding hydrogens is 428 g/mol. The van der Waals surface area contributed by atoms with Gasteiger partial charge in [-0.15, -0.1) is 0 Å². The van der Waals surface area contributed by atoms with Crippen molar-refractivity contribution in [1.82, 2.24) is 15.2 Å². The Morgan fingerprint density at radius 2 is 1.97 bits per heavy atom. The first kappa shape index (κ1) is 24.5. The summed E-state index contributed by atoms with van der Waals surface area (Å²) in [5.74, 6) is -0.456. The number of alkyl halides is 2. The summed E-state index contributed by atoms with van der Waals surface area (Å²) in [5, 5.41) is 2.97. The zero-order valence-corrected chi connectivity index (χ0v) is 18.4. The van der Waals surface area contributed by atoms with Crippen LogP contribution in [0.15, 0.2) is 42.7 Å². The topological polar surface area (TPSA) is 71.5 Å². The van der Waals surface area contributed by atoms with Crippen LogP contribution in [-0.4, -0.2) is 47.8 Å². The predicted molar refractivity (Wildman–Crippen MR) is 114 cm³/mol. The van der Waals surface area contributed by atoms with E-state index in [4.69, 9.17) is 16.3 Å². The number of hydrogen-bond acceptors (Lipinski definition) is 4. The number of rotatable bonds is 10. The molecule has 9 heteroatoms. The third kappa shape index (κ3) is 7.17. The van der Waals surface area contributed by atoms with Gasteiger partial charge in [-0.2, -0.15) is 0 Å². The molecule has 0 radical (unpaired) electrons. The Morgan fingerprint density at radius 1 is 1.23 bits per heavy atom. The maximum absolute atomic E-state index is 12.8. The van der Waals surface area contributed by atoms with Crippen LogP contribution < -0.4 is 10.1 Å². The van der Waals surface area contributed by atoms with Gasteiger partial charge in [-0.3, -0.25) is 14.6 Å². The van der Waals surface area contributed by atoms with Gasteiger partial charge in [-0.1, -0.05) is 31.5 Å². The summed E-state index contributed by atoms with van der Waals surface area (Å²) < 4.78 is 29.7. The van der Waals surface area contributed by atoms with E-state index in [2.05, 4.69) is 10.3 Å². The number of amides is 2. The molecule has 1 heterocycles. The zero-order chi connectivity index (χ0) is 23.0. The molecule has 31 heavy (non-hydrogen) atoms. The van der Waals surface area contributed by atoms with Gasteiger partial charge in [-0.25, -0.2) is 8.78 Å². The predicted octanol–water partition coefficient (Wildman–Crippen LogP) is 4.35. The summed E-state index contributed by atoms with van der Waals surface area (Å²) in [6, 6.07) is 7.77. The molecule has 0 saturated carbocycles. The Bertz CT molecular complexity index is 882. The molecule has 1 aromatic heterocycles. The van der Waals surface area contributed by atoms with Crippen molar-refractivity contribution in [2.45, 2.75) is 33.2 Å². The molecule has 1 atom stereocenters. The molecule has 1 aromatic carbocycles. The molecular formula is C22H26ClF2N3O3. The van der Waals surface area contributed by atoms with Crippen LogP contribution in [0.4, 0.5) is 8.78 Å². The Balaban J connectivity index is 2.09. The first-order valence-electron chi connectivity index (χ1n) is 9.89. The van der Waals surface area contributed by atoms with Crippen LogP contribution >= 0.6 is 11.6 Å². The van der Waals surface area contributed by atoms with Crippen molar-refractivity contribution in [2.24, 2.45) is 5.92 Å². The number of carbonyl (C=O) groups excluding carboxylic acids is 2. The number of ether oxygens (including phenoxy) is 1. The lowest BCUT2D eigenvalue weighted by Crippen LogP contribution is -2.41. The zero-order valence-electron chi connectivity index (χ0n) is 17.6. The summed E-state index contributed by atoms with van der Waals surface area (Å²) in [5.41, 5.74) is 1.16. The second kappa shape index (κ2) is 11.6. The van der Waals surface area contributed by atoms with E-state index in [1.54, 1.807) is 49.2 Å². The van der Waals surface area contributed by atoms with E-state index in [9.17, 15) is 18.4 Å². The lowest BCUT2D eigenvalue weighted by atomic mass is 10.0. The standard InChI is InChI=1S/C22H26ClF2N3O3/c1-14(2)22(30)28(10-9-27-21(29)17-5-4-8-26-12-17)15(3)16-6-7-19(18(23)11-16)31-13-20(24)25/h4-8,11-12,14-15,20H,9-10,13H2,1-3H3,(H,27,29). The molecule has 0 saturated heterocycles. The van der Waals surface area contributed by atoms with Gasteiger partial charge in [0.05, 0.1) is 16.6 Å². The number of nitrogens with zero attached hydrogens (tertiary/aromatic N) is 2. The maximum Gasteiger partial charge on any atom is 0.272 e. The van der Waals surface area contributed by atoms with Crippen molar-refractivity contribution < 1.29 is 23.1 Å². The Kier molecular flexibility index (Phi) is 9.18. The van der Waals surface area contributed by atoms with Crippen LogP contribution in [0.1, 0.15) is 42.7 Å². The minimum absolute atomic E-state index is 0.0859. The normalized spacial score (nSPS) is 12.0. The van der Waals surface area contributed by atoms with Crippen LogP contribution in [0.25, 0.3) is 0 Å². The minimum atomic E-state index is -2.60. The van der Waals surface area contributed by atoms with Gasteiger partial charge >= 0.3 is 0 Å². The highest BCUT2D eigenvalue weighted by Crippen LogP contribution is 2.30. The van der Waals surface area contributed by atoms with Crippen LogP contribution in [0.5, 0.6) is 5.75 Å². The van der Waals surface area contributed by atoms with Crippen molar-refractivity contribution in [1.29, 1.82) is 0 Å². The van der Waals surface area contributed by atoms with Gasteiger partial charge in [0.2, 0.25) is 5.91 Å². The number of nitrogens with one attached hydrogen (secondary N) is 1. The molecule has 1 unspecified atom stereocenters. The molecule has 1 N–H and O–H groups in total. The molecule has 0 bridgehead atoms. The summed E-state index contributed by atoms with van der Waals surface area (Å²) in [6.45, 7) is 5.22. The van der Waals surface area contributed by atoms with E-state index < -0.39 is 13.0 Å². The molecule has 0 aliphatic carbocycles. The van der Waals surface area contributed by atoms with Crippen LogP contribution in [-0.2, 0) is 4.79 Å². The van der Waals surface area contributed by atoms with E-state index in [0.717, 1.165) is 5.56 Å². The summed E-state index contributed by atoms with van der Waals surface area (Å²) in [7, 11) is 0. The van der Waals surface area contributed by atoms with Gasteiger partial charge in [-0.05, 0) is 36.8 Å². The highest BCUT2D eigenvalue weighted by atomic mass is 35.5. The molecule has 6 nitrogen and oxygen atoms in total. The summed E-state index contributed by atoms with van der Waals surface area (Å²) in [6.07, 6.45) is 0.446. The quantitative estimate of drug-likeness (QED) is 0.580. The second-order valence-electron chi connectivity index (χ2n) is 7.25. The fraction of sp³-hybridized carbons (Fsp3) is 0.409. The van der Waals surface area contributed by atoms with Gasteiger partial charge < -0.3 is 15.0 Å². The van der Waals surface area contributed by atoms with Crippen molar-refractivity contribution >= 4 is 23.4 Å². The molecule has 0 aliphatic heterocycles. The van der Waals surface area contributed by atoms with E-state index in [1.807, 2.05) is 6.92 Å². The van der Waals surface area contributed by atoms with Crippen LogP contribution in [0, 0.1) is 5.92 Å². The largest absolute Gasteiger partial charge is 0.486 e. The SMILES string of the molecule is CC(C)C(=O)N(CCNC(=O)c1cccnc1)C(C)c1ccc(OCC(F)F)c(Cl)c1. The van der Waals surface area contributed by atoms with Gasteiger partial charge in [0.25, 0.3) is 12.3 Å². The molecule has 2 amide bonds. The van der Waals surface area contributed by atoms with E-state index >= 15 is 0 Å². The van der Waals surface area contributed by atoms with Crippen LogP contribution in [0.3, 0.4) is 0 Å². The van der Waals surface area contributed by atoms with Gasteiger partial charge in [0.15, 0.2) is 0 Å². The highest BCUT2D eigenvalue weighted by molar-refractivity contribution is 6.32. The minimum Gasteiger partial charge on any atom is -0.486 e. The van der Waals surface area contributed by atoms with Gasteiger partial charge in [0.1, 0.15) is 12.4 Å². The van der Waals surface area contributed by atoms with Crippen molar-refractivity contribution in [3.05, 3.63) is 58.9 Å². The lowest BCUT2D eigenvalue weighted by molar-refractivity contribution is -0.136. The Labute approximate surface area is 185 Å². The number of halogens is 3. The monoisotopic (exact) mass is 453 g/mol. The van der Waals surface area contributed by atoms with Crippen molar-refractivity contribution in [3.63, 3.8) is 0 Å². The first-order valence-corrected chi connectivity index (χ1v) is 10.3. The van der Waals surface area contributed by atoms with E-state index in [1.165, 1.54) is 12.3 Å². The van der Waals surface area contributed by atoms with E-state index in [-0.39, 0.29) is 47.6 Å². The number of benzene rings is 1. The Hall–Kier alpha value is -2.74. The average Bonchev–Trinajstić information content (AvgIpc) is 2.75. The fourth-order valence-electron chi connectivity index (χ4n) is 2.94. The molecule has 168 valence electrons. The Morgan fingerprint density at radius 3 is 2.55 bits per heavy atom. The molecule has 2 rings (SSSR count). The third-order valence-electron chi connectivity index (χ3n) is 4.61. The van der Waals surface area contributed by atoms with Gasteiger partial charge in [0, 0.05) is 31.4 Å².